The maximum Gasteiger partial charge on any atom is 0.354 e. The van der Waals surface area contributed by atoms with E-state index >= 15 is 0 Å². The minimum atomic E-state index is -0.807. The fraction of sp³-hybridized carbons (Fsp3) is 0.0909. The van der Waals surface area contributed by atoms with Crippen molar-refractivity contribution in [3.63, 3.8) is 0 Å². The molecule has 0 aliphatic heterocycles. The van der Waals surface area contributed by atoms with Crippen LogP contribution in [0.25, 0.3) is 22.4 Å². The summed E-state index contributed by atoms with van der Waals surface area (Å²) in [6, 6.07) is 2.94. The number of hydrogen-bond donors (Lipinski definition) is 1. The summed E-state index contributed by atoms with van der Waals surface area (Å²) in [4.78, 5) is 22.6. The van der Waals surface area contributed by atoms with Crippen LogP contribution in [0.4, 0.5) is 5.69 Å². The Labute approximate surface area is 129 Å². The molecule has 3 rings (SSSR count). The van der Waals surface area contributed by atoms with Crippen molar-refractivity contribution in [2.45, 2.75) is 0 Å². The van der Waals surface area contributed by atoms with Crippen molar-refractivity contribution >= 4 is 32.6 Å². The number of nitro benzene ring substituents is 1. The summed E-state index contributed by atoms with van der Waals surface area (Å²) in [5.41, 5.74) is -1.38. The molecule has 112 valence electrons. The van der Waals surface area contributed by atoms with Gasteiger partial charge in [-0.25, -0.2) is 9.89 Å². The van der Waals surface area contributed by atoms with Crippen LogP contribution in [-0.2, 0) is 0 Å². The number of halogens is 1. The van der Waals surface area contributed by atoms with E-state index in [1.54, 1.807) is 0 Å². The Hall–Kier alpha value is -2.82. The second-order valence-corrected chi connectivity index (χ2v) is 4.97. The molecule has 0 spiro atoms. The minimum Gasteiger partial charge on any atom is -0.489 e. The van der Waals surface area contributed by atoms with Gasteiger partial charge in [0.05, 0.1) is 16.5 Å². The van der Waals surface area contributed by atoms with Crippen molar-refractivity contribution in [2.75, 3.05) is 7.11 Å². The molecule has 2 heterocycles. The number of tetrazole rings is 1. The Balaban J connectivity index is 2.41. The highest BCUT2D eigenvalue weighted by Crippen LogP contribution is 2.41. The van der Waals surface area contributed by atoms with Crippen molar-refractivity contribution in [3.8, 4) is 17.1 Å². The zero-order chi connectivity index (χ0) is 15.9. The quantitative estimate of drug-likeness (QED) is 0.419. The first-order valence-electron chi connectivity index (χ1n) is 5.75. The molecule has 0 bridgehead atoms. The van der Waals surface area contributed by atoms with Crippen molar-refractivity contribution < 1.29 is 14.1 Å². The largest absolute Gasteiger partial charge is 0.489 e. The number of fused-ring (bicyclic) bond motifs is 1. The van der Waals surface area contributed by atoms with Gasteiger partial charge in [0.1, 0.15) is 5.56 Å². The van der Waals surface area contributed by atoms with E-state index in [1.165, 1.54) is 19.2 Å². The standard InChI is InChI=1S/C11H6BrN5O5/c1-21-9-6(12)3-4-2-5(10-13-15-16-14-10)11(18)22-8(4)7(9)17(19)20/h2-3H,1H3,(H,13,14,15,16). The van der Waals surface area contributed by atoms with Gasteiger partial charge in [0.15, 0.2) is 5.82 Å². The van der Waals surface area contributed by atoms with Crippen LogP contribution in [0.2, 0.25) is 0 Å². The summed E-state index contributed by atoms with van der Waals surface area (Å²) in [5.74, 6) is 0.0694. The summed E-state index contributed by atoms with van der Waals surface area (Å²) in [5, 5.41) is 24.4. The molecule has 10 nitrogen and oxygen atoms in total. The first-order chi connectivity index (χ1) is 10.5. The lowest BCUT2D eigenvalue weighted by molar-refractivity contribution is -0.384. The molecule has 3 aromatic rings. The van der Waals surface area contributed by atoms with Crippen molar-refractivity contribution in [3.05, 3.63) is 37.1 Å². The van der Waals surface area contributed by atoms with Gasteiger partial charge in [-0.1, -0.05) is 0 Å². The third-order valence-corrected chi connectivity index (χ3v) is 3.48. The molecule has 11 heteroatoms. The van der Waals surface area contributed by atoms with Crippen LogP contribution >= 0.6 is 15.9 Å². The number of methoxy groups -OCH3 is 1. The molecule has 0 aliphatic carbocycles. The SMILES string of the molecule is COc1c(Br)cc2cc(-c3nnn[nH]3)c(=O)oc2c1[N+](=O)[O-]. The molecular formula is C11H6BrN5O5. The predicted molar refractivity (Wildman–Crippen MR) is 76.6 cm³/mol. The predicted octanol–water partition coefficient (Wildman–Crippen LogP) is 1.65. The number of aromatic amines is 1. The molecule has 0 amide bonds. The zero-order valence-corrected chi connectivity index (χ0v) is 12.4. The number of rotatable bonds is 3. The van der Waals surface area contributed by atoms with E-state index < -0.39 is 16.2 Å². The highest BCUT2D eigenvalue weighted by Gasteiger charge is 2.26. The Morgan fingerprint density at radius 2 is 2.23 bits per heavy atom. The molecule has 0 aliphatic rings. The molecule has 22 heavy (non-hydrogen) atoms. The zero-order valence-electron chi connectivity index (χ0n) is 10.9. The van der Waals surface area contributed by atoms with Crippen LogP contribution in [0.5, 0.6) is 5.75 Å². The van der Waals surface area contributed by atoms with Gasteiger partial charge in [0.2, 0.25) is 11.3 Å². The van der Waals surface area contributed by atoms with Crippen LogP contribution < -0.4 is 10.4 Å². The molecule has 1 N–H and O–H groups in total. The van der Waals surface area contributed by atoms with E-state index in [2.05, 4.69) is 36.6 Å². The molecule has 0 saturated carbocycles. The topological polar surface area (TPSA) is 137 Å². The van der Waals surface area contributed by atoms with Gasteiger partial charge in [0, 0.05) is 5.39 Å². The van der Waals surface area contributed by atoms with Crippen LogP contribution in [0, 0.1) is 10.1 Å². The smallest absolute Gasteiger partial charge is 0.354 e. The molecule has 0 radical (unpaired) electrons. The van der Waals surface area contributed by atoms with E-state index in [1.807, 2.05) is 0 Å². The lowest BCUT2D eigenvalue weighted by Crippen LogP contribution is -2.06. The van der Waals surface area contributed by atoms with Gasteiger partial charge in [-0.05, 0) is 38.5 Å². The average molecular weight is 368 g/mol. The third-order valence-electron chi connectivity index (χ3n) is 2.89. The second kappa shape index (κ2) is 5.18. The van der Waals surface area contributed by atoms with Gasteiger partial charge in [-0.2, -0.15) is 0 Å². The maximum absolute atomic E-state index is 12.0. The van der Waals surface area contributed by atoms with Crippen LogP contribution in [-0.4, -0.2) is 32.7 Å². The number of ether oxygens (including phenoxy) is 1. The number of aromatic nitrogens is 4. The summed E-state index contributed by atoms with van der Waals surface area (Å²) >= 11 is 3.19. The van der Waals surface area contributed by atoms with Gasteiger partial charge in [0.25, 0.3) is 0 Å². The molecular weight excluding hydrogens is 362 g/mol. The van der Waals surface area contributed by atoms with E-state index in [0.29, 0.717) is 9.86 Å². The first-order valence-corrected chi connectivity index (χ1v) is 6.55. The van der Waals surface area contributed by atoms with Crippen LogP contribution in [0.1, 0.15) is 0 Å². The first kappa shape index (κ1) is 14.1. The van der Waals surface area contributed by atoms with E-state index in [9.17, 15) is 14.9 Å². The summed E-state index contributed by atoms with van der Waals surface area (Å²) in [6.07, 6.45) is 0. The summed E-state index contributed by atoms with van der Waals surface area (Å²) in [7, 11) is 1.28. The van der Waals surface area contributed by atoms with Gasteiger partial charge in [-0.3, -0.25) is 10.1 Å². The number of benzene rings is 1. The van der Waals surface area contributed by atoms with Crippen molar-refractivity contribution in [1.29, 1.82) is 0 Å². The lowest BCUT2D eigenvalue weighted by Gasteiger charge is -2.07. The molecule has 0 atom stereocenters. The van der Waals surface area contributed by atoms with Crippen molar-refractivity contribution in [1.82, 2.24) is 20.6 Å². The number of hydrogen-bond acceptors (Lipinski definition) is 8. The molecule has 2 aromatic heterocycles. The summed E-state index contributed by atoms with van der Waals surface area (Å²) < 4.78 is 10.4. The highest BCUT2D eigenvalue weighted by molar-refractivity contribution is 9.10. The third kappa shape index (κ3) is 2.11. The molecule has 1 aromatic carbocycles. The van der Waals surface area contributed by atoms with Gasteiger partial charge < -0.3 is 9.15 Å². The summed E-state index contributed by atoms with van der Waals surface area (Å²) in [6.45, 7) is 0. The van der Waals surface area contributed by atoms with E-state index in [0.717, 1.165) is 0 Å². The molecule has 0 unspecified atom stereocenters. The van der Waals surface area contributed by atoms with E-state index in [-0.39, 0.29) is 22.7 Å². The van der Waals surface area contributed by atoms with Gasteiger partial charge in [-0.15, -0.1) is 5.10 Å². The number of nitrogens with zero attached hydrogens (tertiary/aromatic N) is 4. The number of nitro groups is 1. The maximum atomic E-state index is 12.0. The Morgan fingerprint density at radius 1 is 1.45 bits per heavy atom. The van der Waals surface area contributed by atoms with Crippen molar-refractivity contribution in [2.24, 2.45) is 0 Å². The average Bonchev–Trinajstić information content (AvgIpc) is 2.99. The van der Waals surface area contributed by atoms with Crippen LogP contribution in [0.3, 0.4) is 0 Å². The van der Waals surface area contributed by atoms with Crippen LogP contribution in [0.15, 0.2) is 25.8 Å². The van der Waals surface area contributed by atoms with E-state index in [4.69, 9.17) is 9.15 Å². The Kier molecular flexibility index (Phi) is 3.33. The van der Waals surface area contributed by atoms with Gasteiger partial charge >= 0.3 is 11.3 Å². The monoisotopic (exact) mass is 367 g/mol. The molecule has 0 saturated heterocycles. The number of H-pyrrole nitrogens is 1. The minimum absolute atomic E-state index is 0.0327. The molecule has 0 fully saturated rings. The fourth-order valence-electron chi connectivity index (χ4n) is 2.00. The Bertz CT molecular complexity index is 936. The Morgan fingerprint density at radius 3 is 2.82 bits per heavy atom. The lowest BCUT2D eigenvalue weighted by atomic mass is 10.1. The fourth-order valence-corrected chi connectivity index (χ4v) is 2.59. The normalized spacial score (nSPS) is 10.8. The second-order valence-electron chi connectivity index (χ2n) is 4.11. The highest BCUT2D eigenvalue weighted by atomic mass is 79.9. The number of nitrogens with one attached hydrogen (secondary N) is 1.